The highest BCUT2D eigenvalue weighted by atomic mass is 16.7. The lowest BCUT2D eigenvalue weighted by molar-refractivity contribution is 0.102. The quantitative estimate of drug-likeness (QED) is 0.700. The number of fused-ring (bicyclic) bond motifs is 1. The van der Waals surface area contributed by atoms with Crippen molar-refractivity contribution >= 4 is 17.4 Å². The van der Waals surface area contributed by atoms with Crippen molar-refractivity contribution in [1.29, 1.82) is 0 Å². The van der Waals surface area contributed by atoms with Crippen LogP contribution < -0.4 is 20.1 Å². The lowest BCUT2D eigenvalue weighted by Crippen LogP contribution is -2.13. The highest BCUT2D eigenvalue weighted by molar-refractivity contribution is 6.04. The first kappa shape index (κ1) is 16.9. The summed E-state index contributed by atoms with van der Waals surface area (Å²) < 4.78 is 10.6. The maximum Gasteiger partial charge on any atom is 0.257 e. The maximum absolute atomic E-state index is 12.4. The number of benzene rings is 2. The van der Waals surface area contributed by atoms with Crippen LogP contribution in [0.25, 0.3) is 0 Å². The molecule has 6 heteroatoms. The van der Waals surface area contributed by atoms with Crippen LogP contribution in [0.5, 0.6) is 11.5 Å². The molecule has 0 unspecified atom stereocenters. The Kier molecular flexibility index (Phi) is 4.87. The van der Waals surface area contributed by atoms with E-state index in [0.29, 0.717) is 22.7 Å². The Balaban J connectivity index is 1.32. The van der Waals surface area contributed by atoms with Crippen molar-refractivity contribution in [3.05, 3.63) is 78.0 Å². The van der Waals surface area contributed by atoms with Gasteiger partial charge in [-0.15, -0.1) is 0 Å². The fraction of sp³-hybridized carbons (Fsp3) is 0.143. The number of ether oxygens (including phenoxy) is 2. The summed E-state index contributed by atoms with van der Waals surface area (Å²) in [6.07, 6.45) is 2.47. The highest BCUT2D eigenvalue weighted by Crippen LogP contribution is 2.34. The minimum absolute atomic E-state index is 0.204. The van der Waals surface area contributed by atoms with Gasteiger partial charge in [0.25, 0.3) is 5.91 Å². The number of rotatable bonds is 6. The van der Waals surface area contributed by atoms with Gasteiger partial charge in [0.15, 0.2) is 11.5 Å². The van der Waals surface area contributed by atoms with Crippen LogP contribution in [0.1, 0.15) is 15.9 Å². The third-order valence-electron chi connectivity index (χ3n) is 4.22. The molecule has 1 aliphatic rings. The molecular weight excluding hydrogens is 342 g/mol. The van der Waals surface area contributed by atoms with Gasteiger partial charge in [0.2, 0.25) is 6.79 Å². The van der Waals surface area contributed by atoms with Crippen LogP contribution in [-0.2, 0) is 6.42 Å². The molecular formula is C21H19N3O3. The van der Waals surface area contributed by atoms with Gasteiger partial charge in [0.05, 0.1) is 5.56 Å². The summed E-state index contributed by atoms with van der Waals surface area (Å²) in [5.41, 5.74) is 2.40. The number of carbonyl (C=O) groups excluding carboxylic acids is 1. The van der Waals surface area contributed by atoms with Crippen LogP contribution in [0.4, 0.5) is 11.5 Å². The van der Waals surface area contributed by atoms with E-state index in [2.05, 4.69) is 27.8 Å². The van der Waals surface area contributed by atoms with E-state index in [-0.39, 0.29) is 12.7 Å². The van der Waals surface area contributed by atoms with Crippen LogP contribution >= 0.6 is 0 Å². The highest BCUT2D eigenvalue weighted by Gasteiger charge is 2.14. The SMILES string of the molecule is O=C(Nc1ccc2c(c1)OCO2)c1ccc(NCCc2ccccc2)nc1. The van der Waals surface area contributed by atoms with Crippen molar-refractivity contribution in [1.82, 2.24) is 4.98 Å². The van der Waals surface area contributed by atoms with Crippen molar-refractivity contribution in [2.45, 2.75) is 6.42 Å². The van der Waals surface area contributed by atoms with Gasteiger partial charge in [0, 0.05) is 24.5 Å². The summed E-state index contributed by atoms with van der Waals surface area (Å²) in [5.74, 6) is 1.83. The summed E-state index contributed by atoms with van der Waals surface area (Å²) in [4.78, 5) is 16.7. The molecule has 0 saturated heterocycles. The van der Waals surface area contributed by atoms with E-state index in [0.717, 1.165) is 18.8 Å². The van der Waals surface area contributed by atoms with Crippen LogP contribution in [0.2, 0.25) is 0 Å². The second-order valence-electron chi connectivity index (χ2n) is 6.12. The Morgan fingerprint density at radius 2 is 1.85 bits per heavy atom. The first-order valence-corrected chi connectivity index (χ1v) is 8.73. The number of amides is 1. The summed E-state index contributed by atoms with van der Waals surface area (Å²) in [7, 11) is 0. The molecule has 27 heavy (non-hydrogen) atoms. The third kappa shape index (κ3) is 4.17. The van der Waals surface area contributed by atoms with Gasteiger partial charge in [-0.25, -0.2) is 4.98 Å². The fourth-order valence-corrected chi connectivity index (χ4v) is 2.79. The molecule has 6 nitrogen and oxygen atoms in total. The Morgan fingerprint density at radius 3 is 2.67 bits per heavy atom. The van der Waals surface area contributed by atoms with Gasteiger partial charge in [-0.1, -0.05) is 30.3 Å². The molecule has 0 spiro atoms. The topological polar surface area (TPSA) is 72.5 Å². The first-order chi connectivity index (χ1) is 13.3. The molecule has 1 aromatic heterocycles. The van der Waals surface area contributed by atoms with Gasteiger partial charge < -0.3 is 20.1 Å². The van der Waals surface area contributed by atoms with E-state index in [4.69, 9.17) is 9.47 Å². The van der Waals surface area contributed by atoms with Crippen molar-refractivity contribution in [3.8, 4) is 11.5 Å². The number of hydrogen-bond donors (Lipinski definition) is 2. The Morgan fingerprint density at radius 1 is 1.00 bits per heavy atom. The number of nitrogens with one attached hydrogen (secondary N) is 2. The minimum Gasteiger partial charge on any atom is -0.454 e. The Bertz CT molecular complexity index is 927. The molecule has 3 aromatic rings. The normalized spacial score (nSPS) is 11.9. The largest absolute Gasteiger partial charge is 0.454 e. The van der Waals surface area contributed by atoms with E-state index in [1.165, 1.54) is 5.56 Å². The molecule has 2 aromatic carbocycles. The van der Waals surface area contributed by atoms with E-state index in [1.807, 2.05) is 18.2 Å². The van der Waals surface area contributed by atoms with Crippen LogP contribution in [0.3, 0.4) is 0 Å². The zero-order valence-electron chi connectivity index (χ0n) is 14.6. The van der Waals surface area contributed by atoms with Crippen LogP contribution in [0.15, 0.2) is 66.9 Å². The molecule has 2 heterocycles. The van der Waals surface area contributed by atoms with E-state index < -0.39 is 0 Å². The number of carbonyl (C=O) groups is 1. The van der Waals surface area contributed by atoms with Gasteiger partial charge in [-0.2, -0.15) is 0 Å². The fourth-order valence-electron chi connectivity index (χ4n) is 2.79. The zero-order chi connectivity index (χ0) is 18.5. The number of hydrogen-bond acceptors (Lipinski definition) is 5. The molecule has 0 aliphatic carbocycles. The van der Waals surface area contributed by atoms with Crippen molar-refractivity contribution in [3.63, 3.8) is 0 Å². The number of nitrogens with zero attached hydrogens (tertiary/aromatic N) is 1. The molecule has 2 N–H and O–H groups in total. The lowest BCUT2D eigenvalue weighted by atomic mass is 10.1. The van der Waals surface area contributed by atoms with Gasteiger partial charge in [-0.3, -0.25) is 4.79 Å². The second kappa shape index (κ2) is 7.78. The average Bonchev–Trinajstić information content (AvgIpc) is 3.17. The smallest absolute Gasteiger partial charge is 0.257 e. The van der Waals surface area contributed by atoms with Crippen molar-refractivity contribution < 1.29 is 14.3 Å². The third-order valence-corrected chi connectivity index (χ3v) is 4.22. The van der Waals surface area contributed by atoms with E-state index in [9.17, 15) is 4.79 Å². The van der Waals surface area contributed by atoms with Gasteiger partial charge >= 0.3 is 0 Å². The Hall–Kier alpha value is -3.54. The number of anilines is 2. The number of aromatic nitrogens is 1. The Labute approximate surface area is 157 Å². The second-order valence-corrected chi connectivity index (χ2v) is 6.12. The van der Waals surface area contributed by atoms with Gasteiger partial charge in [0.1, 0.15) is 5.82 Å². The molecule has 4 rings (SSSR count). The molecule has 1 aliphatic heterocycles. The minimum atomic E-state index is -0.225. The molecule has 0 saturated carbocycles. The number of pyridine rings is 1. The average molecular weight is 361 g/mol. The maximum atomic E-state index is 12.4. The molecule has 0 bridgehead atoms. The van der Waals surface area contributed by atoms with Crippen molar-refractivity contribution in [2.75, 3.05) is 24.0 Å². The molecule has 0 radical (unpaired) electrons. The molecule has 136 valence electrons. The van der Waals surface area contributed by atoms with E-state index >= 15 is 0 Å². The predicted octanol–water partition coefficient (Wildman–Crippen LogP) is 3.72. The molecule has 1 amide bonds. The molecule has 0 atom stereocenters. The van der Waals surface area contributed by atoms with E-state index in [1.54, 1.807) is 36.5 Å². The summed E-state index contributed by atoms with van der Waals surface area (Å²) in [6, 6.07) is 19.1. The lowest BCUT2D eigenvalue weighted by Gasteiger charge is -2.08. The van der Waals surface area contributed by atoms with Crippen molar-refractivity contribution in [2.24, 2.45) is 0 Å². The zero-order valence-corrected chi connectivity index (χ0v) is 14.6. The summed E-state index contributed by atoms with van der Waals surface area (Å²) in [5, 5.41) is 6.10. The predicted molar refractivity (Wildman–Crippen MR) is 103 cm³/mol. The summed E-state index contributed by atoms with van der Waals surface area (Å²) in [6.45, 7) is 0.981. The van der Waals surface area contributed by atoms with Gasteiger partial charge in [-0.05, 0) is 36.2 Å². The standard InChI is InChI=1S/C21H19N3O3/c25-21(24-17-7-8-18-19(12-17)27-14-26-18)16-6-9-20(23-13-16)22-11-10-15-4-2-1-3-5-15/h1-9,12-13H,10-11,14H2,(H,22,23)(H,24,25). The molecule has 0 fully saturated rings. The summed E-state index contributed by atoms with van der Waals surface area (Å²) >= 11 is 0. The van der Waals surface area contributed by atoms with Crippen LogP contribution in [0, 0.1) is 0 Å². The monoisotopic (exact) mass is 361 g/mol. The van der Waals surface area contributed by atoms with Crippen LogP contribution in [-0.4, -0.2) is 24.2 Å². The first-order valence-electron chi connectivity index (χ1n) is 8.73.